The van der Waals surface area contributed by atoms with Crippen LogP contribution < -0.4 is 0 Å². The van der Waals surface area contributed by atoms with E-state index >= 15 is 0 Å². The second-order valence-corrected chi connectivity index (χ2v) is 9.77. The molecule has 0 atom stereocenters. The molecule has 35 heavy (non-hydrogen) atoms. The molecule has 1 aromatic carbocycles. The highest BCUT2D eigenvalue weighted by Crippen LogP contribution is 2.41. The van der Waals surface area contributed by atoms with Crippen LogP contribution in [0.25, 0.3) is 22.5 Å². The minimum atomic E-state index is -2.77. The lowest BCUT2D eigenvalue weighted by Gasteiger charge is -2.32. The van der Waals surface area contributed by atoms with Crippen molar-refractivity contribution in [1.29, 1.82) is 0 Å². The number of nitrogens with zero attached hydrogens (tertiary/aromatic N) is 3. The Kier molecular flexibility index (Phi) is 7.56. The number of nitrogens with one attached hydrogen (secondary N) is 1. The molecule has 5 rings (SSSR count). The molecule has 0 spiro atoms. The molecule has 0 saturated carbocycles. The number of alkyl halides is 2. The van der Waals surface area contributed by atoms with Gasteiger partial charge in [-0.05, 0) is 24.2 Å². The van der Waals surface area contributed by atoms with Gasteiger partial charge in [-0.3, -0.25) is 10.00 Å². The van der Waals surface area contributed by atoms with Gasteiger partial charge in [0.1, 0.15) is 6.61 Å². The molecule has 1 fully saturated rings. The predicted octanol–water partition coefficient (Wildman–Crippen LogP) is 4.06. The molecule has 1 aliphatic carbocycles. The molecule has 0 amide bonds. The molecule has 0 bridgehead atoms. The van der Waals surface area contributed by atoms with Gasteiger partial charge >= 0.3 is 6.61 Å². The minimum absolute atomic E-state index is 0.0891. The van der Waals surface area contributed by atoms with Gasteiger partial charge in [-0.1, -0.05) is 30.0 Å². The summed E-state index contributed by atoms with van der Waals surface area (Å²) in [6.45, 7) is 2.82. The second-order valence-electron chi connectivity index (χ2n) is 8.86. The Bertz CT molecular complexity index is 1220. The first kappa shape index (κ1) is 24.1. The van der Waals surface area contributed by atoms with Gasteiger partial charge in [-0.15, -0.1) is 11.3 Å². The number of H-pyrrole nitrogens is 1. The third kappa shape index (κ3) is 5.80. The molecular formula is C26H28F2N4O2S. The lowest BCUT2D eigenvalue weighted by atomic mass is 10.0. The van der Waals surface area contributed by atoms with E-state index in [1.807, 2.05) is 6.07 Å². The van der Waals surface area contributed by atoms with E-state index in [-0.39, 0.29) is 19.8 Å². The topological polar surface area (TPSA) is 53.6 Å². The third-order valence-corrected chi connectivity index (χ3v) is 7.25. The first-order valence-corrected chi connectivity index (χ1v) is 12.6. The number of aromatic nitrogens is 2. The number of ether oxygens (including phenoxy) is 2. The molecule has 9 heteroatoms. The van der Waals surface area contributed by atoms with Crippen molar-refractivity contribution < 1.29 is 18.3 Å². The number of hydrogen-bond acceptors (Lipinski definition) is 6. The minimum Gasteiger partial charge on any atom is -0.366 e. The van der Waals surface area contributed by atoms with E-state index in [1.54, 1.807) is 11.3 Å². The van der Waals surface area contributed by atoms with E-state index in [4.69, 9.17) is 4.74 Å². The van der Waals surface area contributed by atoms with Gasteiger partial charge in [0, 0.05) is 61.2 Å². The largest absolute Gasteiger partial charge is 0.366 e. The average molecular weight is 499 g/mol. The van der Waals surface area contributed by atoms with Crippen LogP contribution in [0.5, 0.6) is 0 Å². The number of piperazine rings is 1. The fourth-order valence-electron chi connectivity index (χ4n) is 4.56. The standard InChI is InChI=1S/C26H28F2N4O2S/c1-31-6-8-32(9-7-31)16-18-4-5-22-19(13-18)15-23-24(29-30-25(22)23)20-14-21(35-17-20)3-2-10-33-11-12-34-26(27)28/h4-5,13-14,17,26H,6-12,15-16H2,1H3,(H,29,30). The molecular weight excluding hydrogens is 470 g/mol. The van der Waals surface area contributed by atoms with Gasteiger partial charge in [-0.2, -0.15) is 13.9 Å². The van der Waals surface area contributed by atoms with Crippen molar-refractivity contribution in [3.63, 3.8) is 0 Å². The molecule has 1 N–H and O–H groups in total. The average Bonchev–Trinajstić information content (AvgIpc) is 3.55. The van der Waals surface area contributed by atoms with Crippen LogP contribution in [0.15, 0.2) is 29.6 Å². The van der Waals surface area contributed by atoms with Crippen LogP contribution in [-0.2, 0) is 22.4 Å². The maximum atomic E-state index is 11.9. The normalized spacial score (nSPS) is 15.8. The molecule has 0 radical (unpaired) electrons. The predicted molar refractivity (Wildman–Crippen MR) is 133 cm³/mol. The molecule has 3 aromatic rings. The van der Waals surface area contributed by atoms with Crippen LogP contribution in [0.2, 0.25) is 0 Å². The van der Waals surface area contributed by atoms with Crippen LogP contribution in [0.3, 0.4) is 0 Å². The summed E-state index contributed by atoms with van der Waals surface area (Å²) in [4.78, 5) is 5.82. The third-order valence-electron chi connectivity index (χ3n) is 6.41. The van der Waals surface area contributed by atoms with Gasteiger partial charge in [0.2, 0.25) is 0 Å². The molecule has 2 aromatic heterocycles. The summed E-state index contributed by atoms with van der Waals surface area (Å²) >= 11 is 1.56. The summed E-state index contributed by atoms with van der Waals surface area (Å²) in [5.74, 6) is 5.99. The first-order chi connectivity index (χ1) is 17.1. The number of thiophene rings is 1. The monoisotopic (exact) mass is 498 g/mol. The molecule has 1 saturated heterocycles. The van der Waals surface area contributed by atoms with Gasteiger partial charge in [0.05, 0.1) is 29.5 Å². The van der Waals surface area contributed by atoms with Crippen LogP contribution >= 0.6 is 11.3 Å². The Hall–Kier alpha value is -2.61. The zero-order valence-electron chi connectivity index (χ0n) is 19.7. The van der Waals surface area contributed by atoms with Crippen LogP contribution in [-0.4, -0.2) is 79.7 Å². The van der Waals surface area contributed by atoms with E-state index in [0.29, 0.717) is 0 Å². The molecule has 0 unspecified atom stereocenters. The quantitative estimate of drug-likeness (QED) is 0.293. The number of halogens is 2. The smallest absolute Gasteiger partial charge is 0.345 e. The van der Waals surface area contributed by atoms with Crippen molar-refractivity contribution in [2.24, 2.45) is 0 Å². The van der Waals surface area contributed by atoms with Crippen molar-refractivity contribution >= 4 is 11.3 Å². The van der Waals surface area contributed by atoms with Crippen molar-refractivity contribution in [2.75, 3.05) is 53.0 Å². The zero-order chi connectivity index (χ0) is 24.2. The van der Waals surface area contributed by atoms with Gasteiger partial charge in [0.15, 0.2) is 0 Å². The number of fused-ring (bicyclic) bond motifs is 3. The molecule has 1 aliphatic heterocycles. The number of hydrogen-bond donors (Lipinski definition) is 1. The Morgan fingerprint density at radius 2 is 2.03 bits per heavy atom. The molecule has 184 valence electrons. The van der Waals surface area contributed by atoms with E-state index in [9.17, 15) is 8.78 Å². The highest BCUT2D eigenvalue weighted by atomic mass is 32.1. The lowest BCUT2D eigenvalue weighted by Crippen LogP contribution is -2.43. The number of aromatic amines is 1. The molecule has 2 aliphatic rings. The zero-order valence-corrected chi connectivity index (χ0v) is 20.5. The molecule has 3 heterocycles. The Balaban J connectivity index is 1.20. The Labute approximate surface area is 207 Å². The van der Waals surface area contributed by atoms with Crippen molar-refractivity contribution in [1.82, 2.24) is 20.0 Å². The number of likely N-dealkylation sites (N-methyl/N-ethyl adjacent to an activating group) is 1. The summed E-state index contributed by atoms with van der Waals surface area (Å²) in [5.41, 5.74) is 8.32. The van der Waals surface area contributed by atoms with Crippen LogP contribution in [0.1, 0.15) is 21.6 Å². The second kappa shape index (κ2) is 11.0. The highest BCUT2D eigenvalue weighted by Gasteiger charge is 2.26. The number of benzene rings is 1. The SMILES string of the molecule is CN1CCN(Cc2ccc3c(c2)Cc2c(-c4csc(C#CCOCCOC(F)F)c4)n[nH]c2-3)CC1. The van der Waals surface area contributed by atoms with E-state index in [1.165, 1.54) is 22.3 Å². The summed E-state index contributed by atoms with van der Waals surface area (Å²) in [7, 11) is 2.18. The summed E-state index contributed by atoms with van der Waals surface area (Å²) in [6.07, 6.45) is 0.873. The Morgan fingerprint density at radius 3 is 2.86 bits per heavy atom. The van der Waals surface area contributed by atoms with Gasteiger partial charge < -0.3 is 14.4 Å². The Morgan fingerprint density at radius 1 is 1.17 bits per heavy atom. The van der Waals surface area contributed by atoms with E-state index in [2.05, 4.69) is 67.2 Å². The highest BCUT2D eigenvalue weighted by molar-refractivity contribution is 7.11. The van der Waals surface area contributed by atoms with Crippen molar-refractivity contribution in [2.45, 2.75) is 19.6 Å². The fraction of sp³-hybridized carbons (Fsp3) is 0.423. The molecule has 6 nitrogen and oxygen atoms in total. The maximum absolute atomic E-state index is 11.9. The van der Waals surface area contributed by atoms with Gasteiger partial charge in [-0.25, -0.2) is 0 Å². The summed E-state index contributed by atoms with van der Waals surface area (Å²) in [6, 6.07) is 8.86. The number of rotatable bonds is 8. The van der Waals surface area contributed by atoms with Gasteiger partial charge in [0.25, 0.3) is 0 Å². The van der Waals surface area contributed by atoms with Crippen molar-refractivity contribution in [3.8, 4) is 34.4 Å². The fourth-order valence-corrected chi connectivity index (χ4v) is 5.32. The maximum Gasteiger partial charge on any atom is 0.345 e. The summed E-state index contributed by atoms with van der Waals surface area (Å²) < 4.78 is 33.2. The van der Waals surface area contributed by atoms with E-state index in [0.717, 1.165) is 61.0 Å². The first-order valence-electron chi connectivity index (χ1n) is 11.7. The van der Waals surface area contributed by atoms with Crippen LogP contribution in [0.4, 0.5) is 8.78 Å². The summed E-state index contributed by atoms with van der Waals surface area (Å²) in [5, 5.41) is 9.93. The van der Waals surface area contributed by atoms with Crippen molar-refractivity contribution in [3.05, 3.63) is 51.2 Å². The van der Waals surface area contributed by atoms with E-state index < -0.39 is 6.61 Å². The lowest BCUT2D eigenvalue weighted by molar-refractivity contribution is -0.138. The van der Waals surface area contributed by atoms with Crippen LogP contribution in [0, 0.1) is 11.8 Å².